The van der Waals surface area contributed by atoms with E-state index in [1.54, 1.807) is 17.7 Å². The van der Waals surface area contributed by atoms with Gasteiger partial charge in [0.15, 0.2) is 0 Å². The normalized spacial score (nSPS) is 25.0. The molecule has 1 aliphatic carbocycles. The summed E-state index contributed by atoms with van der Waals surface area (Å²) in [6.07, 6.45) is 1.16. The zero-order chi connectivity index (χ0) is 25.6. The van der Waals surface area contributed by atoms with Gasteiger partial charge >= 0.3 is 0 Å². The molecule has 3 aliphatic rings. The number of nitrogens with zero attached hydrogens (tertiary/aromatic N) is 2. The first-order valence-corrected chi connectivity index (χ1v) is 12.4. The molecule has 2 aliphatic heterocycles. The van der Waals surface area contributed by atoms with Gasteiger partial charge in [-0.3, -0.25) is 9.59 Å². The van der Waals surface area contributed by atoms with Gasteiger partial charge in [-0.15, -0.1) is 0 Å². The lowest BCUT2D eigenvalue weighted by molar-refractivity contribution is 0.0938. The lowest BCUT2D eigenvalue weighted by Crippen LogP contribution is -2.39. The van der Waals surface area contributed by atoms with Crippen molar-refractivity contribution in [2.75, 3.05) is 38.7 Å². The van der Waals surface area contributed by atoms with Crippen LogP contribution in [0.1, 0.15) is 60.1 Å². The average Bonchev–Trinajstić information content (AvgIpc) is 3.39. The Hall–Kier alpha value is -2.85. The van der Waals surface area contributed by atoms with Gasteiger partial charge in [0.25, 0.3) is 17.9 Å². The topological polar surface area (TPSA) is 75.6 Å². The van der Waals surface area contributed by atoms with E-state index in [4.69, 9.17) is 4.74 Å². The second-order valence-electron chi connectivity index (χ2n) is 10.3. The number of anilines is 1. The number of benzene rings is 1. The van der Waals surface area contributed by atoms with Gasteiger partial charge in [0.05, 0.1) is 41.6 Å². The first-order valence-electron chi connectivity index (χ1n) is 12.4. The molecule has 10 heteroatoms. The number of hydrogen-bond donors (Lipinski definition) is 2. The van der Waals surface area contributed by atoms with Crippen LogP contribution in [0.15, 0.2) is 35.3 Å². The molecule has 1 saturated carbocycles. The highest BCUT2D eigenvalue weighted by Crippen LogP contribution is 2.54. The number of rotatable bonds is 7. The third-order valence-corrected chi connectivity index (χ3v) is 7.83. The summed E-state index contributed by atoms with van der Waals surface area (Å²) in [7, 11) is 2.05. The molecule has 36 heavy (non-hydrogen) atoms. The van der Waals surface area contributed by atoms with Crippen LogP contribution < -0.4 is 16.2 Å². The molecule has 2 saturated heterocycles. The number of fused-ring (bicyclic) bond motifs is 1. The van der Waals surface area contributed by atoms with Crippen LogP contribution in [-0.2, 0) is 10.3 Å². The highest BCUT2D eigenvalue weighted by Gasteiger charge is 2.60. The third kappa shape index (κ3) is 4.52. The highest BCUT2D eigenvalue weighted by molar-refractivity contribution is 5.99. The van der Waals surface area contributed by atoms with Gasteiger partial charge in [0.1, 0.15) is 5.82 Å². The number of piperidine rings is 1. The number of likely N-dealkylation sites (tertiary alicyclic amines) is 1. The Morgan fingerprint density at radius 1 is 1.22 bits per heavy atom. The van der Waals surface area contributed by atoms with Crippen molar-refractivity contribution in [3.8, 4) is 0 Å². The van der Waals surface area contributed by atoms with Crippen LogP contribution in [-0.4, -0.2) is 54.8 Å². The predicted octanol–water partition coefficient (Wildman–Crippen LogP) is 3.67. The van der Waals surface area contributed by atoms with E-state index in [0.29, 0.717) is 18.9 Å². The maximum absolute atomic E-state index is 14.7. The second kappa shape index (κ2) is 9.55. The van der Waals surface area contributed by atoms with Crippen LogP contribution in [0.3, 0.4) is 0 Å². The monoisotopic (exact) mass is 504 g/mol. The summed E-state index contributed by atoms with van der Waals surface area (Å²) in [5, 5.41) is 6.13. The van der Waals surface area contributed by atoms with E-state index < -0.39 is 35.3 Å². The Morgan fingerprint density at radius 2 is 1.94 bits per heavy atom. The van der Waals surface area contributed by atoms with Crippen LogP contribution >= 0.6 is 0 Å². The number of carbonyl (C=O) groups excluding carboxylic acids is 1. The Kier molecular flexibility index (Phi) is 6.59. The number of carbonyl (C=O) groups is 1. The lowest BCUT2D eigenvalue weighted by Gasteiger charge is -2.31. The fraction of sp³-hybridized carbons (Fsp3) is 0.538. The molecule has 194 valence electrons. The van der Waals surface area contributed by atoms with E-state index in [0.717, 1.165) is 38.4 Å². The molecule has 1 aromatic carbocycles. The smallest absolute Gasteiger partial charge is 0.266 e. The van der Waals surface area contributed by atoms with Crippen molar-refractivity contribution < 1.29 is 22.7 Å². The quantitative estimate of drug-likeness (QED) is 0.602. The number of halogens is 3. The van der Waals surface area contributed by atoms with Crippen molar-refractivity contribution in [3.05, 3.63) is 63.3 Å². The van der Waals surface area contributed by atoms with Crippen LogP contribution in [0, 0.1) is 11.7 Å². The van der Waals surface area contributed by atoms with Gasteiger partial charge < -0.3 is 24.8 Å². The van der Waals surface area contributed by atoms with Crippen LogP contribution in [0.2, 0.25) is 0 Å². The molecular weight excluding hydrogens is 473 g/mol. The Labute approximate surface area is 207 Å². The summed E-state index contributed by atoms with van der Waals surface area (Å²) in [6.45, 7) is 4.35. The summed E-state index contributed by atoms with van der Waals surface area (Å²) in [5.41, 5.74) is -0.681. The average molecular weight is 505 g/mol. The summed E-state index contributed by atoms with van der Waals surface area (Å²) in [5.74, 6) is -1.30. The van der Waals surface area contributed by atoms with Gasteiger partial charge in [-0.1, -0.05) is 18.2 Å². The number of alkyl halides is 2. The molecule has 3 heterocycles. The summed E-state index contributed by atoms with van der Waals surface area (Å²) in [4.78, 5) is 28.8. The zero-order valence-corrected chi connectivity index (χ0v) is 20.4. The van der Waals surface area contributed by atoms with Crippen LogP contribution in [0.5, 0.6) is 0 Å². The lowest BCUT2D eigenvalue weighted by atomic mass is 10.0. The van der Waals surface area contributed by atoms with Crippen molar-refractivity contribution in [1.82, 2.24) is 14.8 Å². The Balaban J connectivity index is 1.45. The van der Waals surface area contributed by atoms with E-state index in [1.807, 2.05) is 0 Å². The standard InChI is InChI=1S/C26H31F3N4O3/c1-15(18-4-3-5-19(23(18)27)24(28)29)30-25(35)20-12-33(26-11-16(26)13-36-14-26)22(34)10-21(20)31-17-6-8-32(2)9-7-17/h3-5,10,12,15-17,24,31H,6-9,11,13-14H2,1-2H3,(H,30,35)/t15-,16-,26-/m1/s1. The fourth-order valence-corrected chi connectivity index (χ4v) is 5.48. The highest BCUT2D eigenvalue weighted by atomic mass is 19.3. The number of aromatic nitrogens is 1. The van der Waals surface area contributed by atoms with Gasteiger partial charge in [0, 0.05) is 29.8 Å². The van der Waals surface area contributed by atoms with Crippen LogP contribution in [0.4, 0.5) is 18.9 Å². The molecule has 0 spiro atoms. The van der Waals surface area contributed by atoms with Crippen molar-refractivity contribution in [3.63, 3.8) is 0 Å². The fourth-order valence-electron chi connectivity index (χ4n) is 5.48. The minimum absolute atomic E-state index is 0.0238. The largest absolute Gasteiger partial charge is 0.381 e. The number of hydrogen-bond acceptors (Lipinski definition) is 5. The molecule has 7 nitrogen and oxygen atoms in total. The van der Waals surface area contributed by atoms with E-state index in [1.165, 1.54) is 18.2 Å². The van der Waals surface area contributed by atoms with E-state index >= 15 is 0 Å². The minimum Gasteiger partial charge on any atom is -0.381 e. The van der Waals surface area contributed by atoms with E-state index in [-0.39, 0.29) is 28.6 Å². The first-order chi connectivity index (χ1) is 17.2. The van der Waals surface area contributed by atoms with Gasteiger partial charge in [-0.05, 0) is 46.3 Å². The molecule has 3 fully saturated rings. The van der Waals surface area contributed by atoms with E-state index in [9.17, 15) is 22.8 Å². The minimum atomic E-state index is -2.96. The molecule has 2 aromatic rings. The van der Waals surface area contributed by atoms with Gasteiger partial charge in [-0.25, -0.2) is 13.2 Å². The summed E-state index contributed by atoms with van der Waals surface area (Å²) in [6, 6.07) is 4.46. The number of nitrogens with one attached hydrogen (secondary N) is 2. The van der Waals surface area contributed by atoms with Crippen molar-refractivity contribution >= 4 is 11.6 Å². The predicted molar refractivity (Wildman–Crippen MR) is 129 cm³/mol. The number of pyridine rings is 1. The van der Waals surface area contributed by atoms with Crippen molar-refractivity contribution in [1.29, 1.82) is 0 Å². The molecule has 1 amide bonds. The molecular formula is C26H31F3N4O3. The SMILES string of the molecule is C[C@@H](NC(=O)c1cn([C@]23COC[C@H]2C3)c(=O)cc1NC1CCN(C)CC1)c1cccc(C(F)F)c1F. The Morgan fingerprint density at radius 3 is 2.58 bits per heavy atom. The molecule has 0 unspecified atom stereocenters. The molecule has 3 atom stereocenters. The Bertz CT molecular complexity index is 1210. The maximum Gasteiger partial charge on any atom is 0.266 e. The van der Waals surface area contributed by atoms with Gasteiger partial charge in [0.2, 0.25) is 0 Å². The summed E-state index contributed by atoms with van der Waals surface area (Å²) >= 11 is 0. The summed E-state index contributed by atoms with van der Waals surface area (Å²) < 4.78 is 48.3. The van der Waals surface area contributed by atoms with E-state index in [2.05, 4.69) is 22.6 Å². The van der Waals surface area contributed by atoms with Crippen molar-refractivity contribution in [2.45, 2.75) is 50.2 Å². The second-order valence-corrected chi connectivity index (χ2v) is 10.3. The van der Waals surface area contributed by atoms with Crippen molar-refractivity contribution in [2.24, 2.45) is 5.92 Å². The molecule has 1 aromatic heterocycles. The number of amides is 1. The number of ether oxygens (including phenoxy) is 1. The molecule has 5 rings (SSSR count). The molecule has 0 radical (unpaired) electrons. The van der Waals surface area contributed by atoms with Gasteiger partial charge in [-0.2, -0.15) is 0 Å². The van der Waals surface area contributed by atoms with Crippen LogP contribution in [0.25, 0.3) is 0 Å². The first kappa shape index (κ1) is 24.8. The zero-order valence-electron chi connectivity index (χ0n) is 20.4. The molecule has 2 N–H and O–H groups in total. The third-order valence-electron chi connectivity index (χ3n) is 7.83. The molecule has 0 bridgehead atoms. The maximum atomic E-state index is 14.7.